The van der Waals surface area contributed by atoms with E-state index in [-0.39, 0.29) is 11.1 Å². The minimum Gasteiger partial charge on any atom is -0.295 e. The molecule has 39 heavy (non-hydrogen) atoms. The molecule has 0 amide bonds. The van der Waals surface area contributed by atoms with E-state index < -0.39 is 20.0 Å². The van der Waals surface area contributed by atoms with Crippen LogP contribution in [0.3, 0.4) is 0 Å². The van der Waals surface area contributed by atoms with Crippen molar-refractivity contribution in [3.63, 3.8) is 0 Å². The normalized spacial score (nSPS) is 11.6. The summed E-state index contributed by atoms with van der Waals surface area (Å²) < 4.78 is 53.0. The average molecular weight is 571 g/mol. The molecule has 0 radical (unpaired) electrons. The molecule has 0 fully saturated rings. The number of hydrogen-bond acceptors (Lipinski definition) is 6. The Bertz CT molecular complexity index is 1800. The number of sulfonamides is 2. The van der Waals surface area contributed by atoms with Gasteiger partial charge in [0.25, 0.3) is 11.1 Å². The van der Waals surface area contributed by atoms with Crippen molar-refractivity contribution < 1.29 is 16.8 Å². The fourth-order valence-electron chi connectivity index (χ4n) is 3.82. The molecule has 0 saturated heterocycles. The van der Waals surface area contributed by atoms with E-state index in [2.05, 4.69) is 25.4 Å². The van der Waals surface area contributed by atoms with Crippen LogP contribution >= 0.6 is 0 Å². The van der Waals surface area contributed by atoms with Gasteiger partial charge in [0.2, 0.25) is 20.0 Å². The van der Waals surface area contributed by atoms with Crippen molar-refractivity contribution in [3.8, 4) is 11.4 Å². The minimum absolute atomic E-state index is 0.340. The maximum atomic E-state index is 13.0. The van der Waals surface area contributed by atoms with Gasteiger partial charge in [-0.05, 0) is 74.5 Å². The number of rotatable bonds is 8. The van der Waals surface area contributed by atoms with Gasteiger partial charge in [-0.3, -0.25) is 29.2 Å². The van der Waals surface area contributed by atoms with Crippen LogP contribution in [0.2, 0.25) is 0 Å². The first-order valence-electron chi connectivity index (χ1n) is 11.4. The zero-order chi connectivity index (χ0) is 28.5. The van der Waals surface area contributed by atoms with Gasteiger partial charge >= 0.3 is 0 Å². The van der Waals surface area contributed by atoms with E-state index in [4.69, 9.17) is 0 Å². The fraction of sp³-hybridized carbons (Fsp3) is 0.160. The van der Waals surface area contributed by atoms with Crippen LogP contribution in [0.4, 0.5) is 11.4 Å². The first-order chi connectivity index (χ1) is 18.2. The number of hydrogen-bond donors (Lipinski definition) is 4. The lowest BCUT2D eigenvalue weighted by Gasteiger charge is -2.05. The lowest BCUT2D eigenvalue weighted by Crippen LogP contribution is -2.16. The van der Waals surface area contributed by atoms with Crippen LogP contribution in [0.5, 0.6) is 0 Å². The van der Waals surface area contributed by atoms with Gasteiger partial charge in [-0.2, -0.15) is 0 Å². The summed E-state index contributed by atoms with van der Waals surface area (Å²) in [5.74, 6) is 0. The smallest absolute Gasteiger partial charge is 0.279 e. The number of benzene rings is 2. The summed E-state index contributed by atoms with van der Waals surface area (Å²) in [4.78, 5) is 26.0. The molecule has 2 aromatic carbocycles. The number of anilines is 2. The average Bonchev–Trinajstić information content (AvgIpc) is 3.28. The van der Waals surface area contributed by atoms with Crippen molar-refractivity contribution in [1.82, 2.24) is 19.6 Å². The summed E-state index contributed by atoms with van der Waals surface area (Å²) in [6.45, 7) is 3.45. The molecule has 0 saturated carbocycles. The first kappa shape index (κ1) is 27.5. The summed E-state index contributed by atoms with van der Waals surface area (Å²) in [5.41, 5.74) is 5.81. The number of nitrogens with zero attached hydrogens (tertiary/aromatic N) is 2. The number of nitrogens with one attached hydrogen (secondary N) is 4. The summed E-state index contributed by atoms with van der Waals surface area (Å²) in [6.07, 6.45) is 5.06. The Morgan fingerprint density at radius 1 is 0.667 bits per heavy atom. The Labute approximate surface area is 224 Å². The molecule has 0 atom stereocenters. The summed E-state index contributed by atoms with van der Waals surface area (Å²) in [6, 6.07) is 12.6. The van der Waals surface area contributed by atoms with Crippen molar-refractivity contribution in [2.24, 2.45) is 0 Å². The second-order valence-electron chi connectivity index (χ2n) is 8.88. The Balaban J connectivity index is 1.60. The van der Waals surface area contributed by atoms with Crippen LogP contribution in [-0.2, 0) is 20.0 Å². The quantitative estimate of drug-likeness (QED) is 0.237. The van der Waals surface area contributed by atoms with Crippen molar-refractivity contribution in [1.29, 1.82) is 0 Å². The van der Waals surface area contributed by atoms with E-state index in [1.807, 2.05) is 0 Å². The highest BCUT2D eigenvalue weighted by Gasteiger charge is 2.12. The van der Waals surface area contributed by atoms with Crippen molar-refractivity contribution >= 4 is 43.6 Å². The molecule has 4 N–H and O–H groups in total. The first-order valence-corrected chi connectivity index (χ1v) is 15.2. The highest BCUT2D eigenvalue weighted by atomic mass is 32.2. The maximum absolute atomic E-state index is 13.0. The van der Waals surface area contributed by atoms with Crippen LogP contribution < -0.4 is 20.6 Å². The van der Waals surface area contributed by atoms with Gasteiger partial charge in [-0.15, -0.1) is 5.73 Å². The molecule has 14 heteroatoms. The standard InChI is InChI=1S/C25H26N6O6S2/c1-16-22(24(32)30(26-16)20-12-8-18(9-13-20)28-38(3,34)35)6-5-7-23-17(2)27-31(25(23)33)21-14-10-19(11-15-21)29-39(4,36)37/h6-15,26-29H,1-4H3. The monoisotopic (exact) mass is 570 g/mol. The van der Waals surface area contributed by atoms with E-state index >= 15 is 0 Å². The van der Waals surface area contributed by atoms with Gasteiger partial charge in [-0.1, -0.05) is 0 Å². The topological polar surface area (TPSA) is 168 Å². The summed E-state index contributed by atoms with van der Waals surface area (Å²) >= 11 is 0. The number of aryl methyl sites for hydroxylation is 2. The van der Waals surface area contributed by atoms with Gasteiger partial charge in [-0.25, -0.2) is 26.2 Å². The van der Waals surface area contributed by atoms with E-state index in [9.17, 15) is 26.4 Å². The van der Waals surface area contributed by atoms with E-state index in [1.165, 1.54) is 21.5 Å². The fourth-order valence-corrected chi connectivity index (χ4v) is 4.94. The molecule has 0 spiro atoms. The molecule has 2 aromatic heterocycles. The molecule has 0 aliphatic rings. The molecule has 12 nitrogen and oxygen atoms in total. The zero-order valence-corrected chi connectivity index (χ0v) is 23.1. The molecule has 4 rings (SSSR count). The van der Waals surface area contributed by atoms with Crippen LogP contribution in [-0.4, -0.2) is 48.9 Å². The SMILES string of the molecule is Cc1[nH]n(-c2ccc(NS(C)(=O)=O)cc2)c(=O)c1C=C=Cc1c(C)[nH]n(-c2ccc(NS(C)(=O)=O)cc2)c1=O. The second-order valence-corrected chi connectivity index (χ2v) is 12.4. The lowest BCUT2D eigenvalue weighted by molar-refractivity contribution is 0.605. The van der Waals surface area contributed by atoms with Gasteiger partial charge in [0.05, 0.1) is 35.0 Å². The van der Waals surface area contributed by atoms with Crippen LogP contribution in [0.1, 0.15) is 22.5 Å². The Hall–Kier alpha value is -4.52. The predicted molar refractivity (Wildman–Crippen MR) is 152 cm³/mol. The lowest BCUT2D eigenvalue weighted by atomic mass is 10.2. The number of aromatic nitrogens is 4. The summed E-state index contributed by atoms with van der Waals surface area (Å²) in [7, 11) is -6.84. The Morgan fingerprint density at radius 3 is 1.31 bits per heavy atom. The van der Waals surface area contributed by atoms with E-state index in [0.717, 1.165) is 12.5 Å². The van der Waals surface area contributed by atoms with Crippen LogP contribution in [0.25, 0.3) is 23.5 Å². The predicted octanol–water partition coefficient (Wildman–Crippen LogP) is 2.33. The van der Waals surface area contributed by atoms with Crippen molar-refractivity contribution in [2.45, 2.75) is 13.8 Å². The Morgan fingerprint density at radius 2 is 1.00 bits per heavy atom. The molecular formula is C25H26N6O6S2. The Kier molecular flexibility index (Phi) is 7.29. The van der Waals surface area contributed by atoms with Crippen LogP contribution in [0, 0.1) is 13.8 Å². The molecule has 2 heterocycles. The molecule has 0 unspecified atom stereocenters. The van der Waals surface area contributed by atoms with Gasteiger partial charge < -0.3 is 0 Å². The molecule has 4 aromatic rings. The minimum atomic E-state index is -3.42. The third-order valence-corrected chi connectivity index (χ3v) is 6.76. The van der Waals surface area contributed by atoms with E-state index in [0.29, 0.717) is 45.3 Å². The van der Waals surface area contributed by atoms with Crippen molar-refractivity contribution in [2.75, 3.05) is 22.0 Å². The third kappa shape index (κ3) is 6.49. The number of H-pyrrole nitrogens is 2. The number of aromatic amines is 2. The molecular weight excluding hydrogens is 544 g/mol. The van der Waals surface area contributed by atoms with Gasteiger partial charge in [0.1, 0.15) is 0 Å². The van der Waals surface area contributed by atoms with Crippen LogP contribution in [0.15, 0.2) is 63.9 Å². The molecule has 0 aliphatic carbocycles. The maximum Gasteiger partial charge on any atom is 0.279 e. The zero-order valence-electron chi connectivity index (χ0n) is 21.4. The van der Waals surface area contributed by atoms with Gasteiger partial charge in [0, 0.05) is 22.8 Å². The highest BCUT2D eigenvalue weighted by Crippen LogP contribution is 2.16. The van der Waals surface area contributed by atoms with E-state index in [1.54, 1.807) is 62.4 Å². The molecule has 0 aliphatic heterocycles. The third-order valence-electron chi connectivity index (χ3n) is 5.55. The summed E-state index contributed by atoms with van der Waals surface area (Å²) in [5, 5.41) is 5.96. The van der Waals surface area contributed by atoms with Crippen molar-refractivity contribution in [3.05, 3.63) is 97.5 Å². The van der Waals surface area contributed by atoms with Gasteiger partial charge in [0.15, 0.2) is 0 Å². The largest absolute Gasteiger partial charge is 0.295 e. The second kappa shape index (κ2) is 10.3. The highest BCUT2D eigenvalue weighted by molar-refractivity contribution is 7.92. The molecule has 0 bridgehead atoms. The molecule has 204 valence electrons.